The van der Waals surface area contributed by atoms with Gasteiger partial charge in [-0.1, -0.05) is 19.0 Å². The van der Waals surface area contributed by atoms with Gasteiger partial charge in [-0.2, -0.15) is 0 Å². The predicted molar refractivity (Wildman–Crippen MR) is 102 cm³/mol. The molecule has 0 aromatic carbocycles. The fourth-order valence-electron chi connectivity index (χ4n) is 4.56. The average Bonchev–Trinajstić information content (AvgIpc) is 3.26. The highest BCUT2D eigenvalue weighted by Gasteiger charge is 2.53. The van der Waals surface area contributed by atoms with Crippen LogP contribution in [0.25, 0.3) is 0 Å². The van der Waals surface area contributed by atoms with Gasteiger partial charge in [0.05, 0.1) is 18.2 Å². The highest BCUT2D eigenvalue weighted by Crippen LogP contribution is 2.47. The van der Waals surface area contributed by atoms with Gasteiger partial charge in [-0.3, -0.25) is 9.69 Å². The van der Waals surface area contributed by atoms with Crippen molar-refractivity contribution < 1.29 is 13.7 Å². The van der Waals surface area contributed by atoms with Crippen LogP contribution >= 0.6 is 0 Å². The molecule has 0 saturated carbocycles. The lowest BCUT2D eigenvalue weighted by molar-refractivity contribution is -0.141. The largest absolute Gasteiger partial charge is 0.424 e. The van der Waals surface area contributed by atoms with E-state index in [-0.39, 0.29) is 17.4 Å². The van der Waals surface area contributed by atoms with Crippen LogP contribution in [0, 0.1) is 25.2 Å². The van der Waals surface area contributed by atoms with Crippen LogP contribution in [0.2, 0.25) is 0 Å². The molecular weight excluding hydrogens is 358 g/mol. The maximum atomic E-state index is 12.7. The highest BCUT2D eigenvalue weighted by molar-refractivity contribution is 5.80. The number of nitrogens with zero attached hydrogens (tertiary/aromatic N) is 5. The Labute approximate surface area is 165 Å². The second kappa shape index (κ2) is 6.99. The van der Waals surface area contributed by atoms with Crippen LogP contribution < -0.4 is 0 Å². The van der Waals surface area contributed by atoms with E-state index in [0.717, 1.165) is 49.5 Å². The lowest BCUT2D eigenvalue weighted by Crippen LogP contribution is -2.59. The van der Waals surface area contributed by atoms with Crippen LogP contribution in [0.3, 0.4) is 0 Å². The van der Waals surface area contributed by atoms with Crippen molar-refractivity contribution in [2.24, 2.45) is 11.3 Å². The average molecular weight is 387 g/mol. The molecule has 8 nitrogen and oxygen atoms in total. The monoisotopic (exact) mass is 387 g/mol. The Hall–Kier alpha value is -2.22. The summed E-state index contributed by atoms with van der Waals surface area (Å²) in [6, 6.07) is 0.133. The number of hydrogen-bond acceptors (Lipinski definition) is 7. The van der Waals surface area contributed by atoms with E-state index in [1.165, 1.54) is 0 Å². The molecule has 152 valence electrons. The SMILES string of the molecule is Cc1noc(C)c1CC(=O)N1CC2(CC(c3nnc(CC(C)C)o3)N(C)C2)C1. The van der Waals surface area contributed by atoms with Crippen molar-refractivity contribution in [2.45, 2.75) is 53.0 Å². The third kappa shape index (κ3) is 3.45. The zero-order chi connectivity index (χ0) is 20.1. The third-order valence-electron chi connectivity index (χ3n) is 6.01. The Balaban J connectivity index is 1.36. The van der Waals surface area contributed by atoms with Crippen LogP contribution in [0.1, 0.15) is 55.1 Å². The molecular formula is C20H29N5O3. The molecule has 1 amide bonds. The molecule has 0 bridgehead atoms. The molecule has 4 rings (SSSR count). The van der Waals surface area contributed by atoms with Gasteiger partial charge in [0.15, 0.2) is 0 Å². The van der Waals surface area contributed by atoms with Gasteiger partial charge in [0, 0.05) is 37.0 Å². The van der Waals surface area contributed by atoms with E-state index in [9.17, 15) is 4.79 Å². The first kappa shape index (κ1) is 19.1. The Morgan fingerprint density at radius 1 is 1.25 bits per heavy atom. The molecule has 2 saturated heterocycles. The van der Waals surface area contributed by atoms with Crippen LogP contribution in [0.15, 0.2) is 8.94 Å². The summed E-state index contributed by atoms with van der Waals surface area (Å²) in [5, 5.41) is 12.4. The number of amides is 1. The van der Waals surface area contributed by atoms with Crippen molar-refractivity contribution in [2.75, 3.05) is 26.7 Å². The lowest BCUT2D eigenvalue weighted by Gasteiger charge is -2.48. The smallest absolute Gasteiger partial charge is 0.233 e. The summed E-state index contributed by atoms with van der Waals surface area (Å²) >= 11 is 0. The van der Waals surface area contributed by atoms with Gasteiger partial charge in [0.25, 0.3) is 0 Å². The molecule has 4 heterocycles. The molecule has 1 atom stereocenters. The summed E-state index contributed by atoms with van der Waals surface area (Å²) in [7, 11) is 2.10. The van der Waals surface area contributed by atoms with Crippen LogP contribution in [0.4, 0.5) is 0 Å². The summed E-state index contributed by atoms with van der Waals surface area (Å²) in [5.74, 6) is 2.78. The molecule has 0 radical (unpaired) electrons. The van der Waals surface area contributed by atoms with E-state index in [1.807, 2.05) is 18.7 Å². The zero-order valence-corrected chi connectivity index (χ0v) is 17.4. The van der Waals surface area contributed by atoms with Gasteiger partial charge in [0.1, 0.15) is 5.76 Å². The first-order valence-corrected chi connectivity index (χ1v) is 9.98. The Bertz CT molecular complexity index is 846. The zero-order valence-electron chi connectivity index (χ0n) is 17.4. The van der Waals surface area contributed by atoms with Crippen molar-refractivity contribution in [3.63, 3.8) is 0 Å². The Kier molecular flexibility index (Phi) is 4.77. The predicted octanol–water partition coefficient (Wildman–Crippen LogP) is 2.32. The summed E-state index contributed by atoms with van der Waals surface area (Å²) in [4.78, 5) is 16.9. The van der Waals surface area contributed by atoms with Crippen LogP contribution in [-0.4, -0.2) is 57.7 Å². The van der Waals surface area contributed by atoms with Crippen molar-refractivity contribution in [1.82, 2.24) is 25.2 Å². The normalized spacial score (nSPS) is 21.6. The number of likely N-dealkylation sites (tertiary alicyclic amines) is 2. The fraction of sp³-hybridized carbons (Fsp3) is 0.700. The minimum Gasteiger partial charge on any atom is -0.424 e. The van der Waals surface area contributed by atoms with E-state index >= 15 is 0 Å². The van der Waals surface area contributed by atoms with Gasteiger partial charge >= 0.3 is 0 Å². The first-order chi connectivity index (χ1) is 13.3. The Morgan fingerprint density at radius 3 is 2.64 bits per heavy atom. The van der Waals surface area contributed by atoms with E-state index < -0.39 is 0 Å². The quantitative estimate of drug-likeness (QED) is 0.778. The molecule has 1 unspecified atom stereocenters. The van der Waals surface area contributed by atoms with Gasteiger partial charge in [-0.15, -0.1) is 10.2 Å². The number of aryl methyl sites for hydroxylation is 2. The maximum Gasteiger partial charge on any atom is 0.233 e. The van der Waals surface area contributed by atoms with E-state index in [0.29, 0.717) is 24.1 Å². The summed E-state index contributed by atoms with van der Waals surface area (Å²) < 4.78 is 11.1. The van der Waals surface area contributed by atoms with Crippen molar-refractivity contribution >= 4 is 5.91 Å². The highest BCUT2D eigenvalue weighted by atomic mass is 16.5. The van der Waals surface area contributed by atoms with Gasteiger partial charge < -0.3 is 13.8 Å². The van der Waals surface area contributed by atoms with Crippen molar-refractivity contribution in [3.05, 3.63) is 28.8 Å². The lowest BCUT2D eigenvalue weighted by atomic mass is 9.77. The topological polar surface area (TPSA) is 88.5 Å². The molecule has 2 aromatic rings. The summed E-state index contributed by atoms with van der Waals surface area (Å²) in [5.41, 5.74) is 1.84. The molecule has 28 heavy (non-hydrogen) atoms. The molecule has 2 aliphatic rings. The molecule has 0 aliphatic carbocycles. The van der Waals surface area contributed by atoms with Crippen molar-refractivity contribution in [3.8, 4) is 0 Å². The minimum absolute atomic E-state index is 0.125. The number of aromatic nitrogens is 3. The first-order valence-electron chi connectivity index (χ1n) is 9.98. The van der Waals surface area contributed by atoms with E-state index in [2.05, 4.69) is 41.1 Å². The summed E-state index contributed by atoms with van der Waals surface area (Å²) in [6.07, 6.45) is 2.11. The molecule has 2 aromatic heterocycles. The maximum absolute atomic E-state index is 12.7. The van der Waals surface area contributed by atoms with Crippen LogP contribution in [-0.2, 0) is 17.6 Å². The number of carbonyl (C=O) groups excluding carboxylic acids is 1. The van der Waals surface area contributed by atoms with Gasteiger partial charge in [-0.05, 0) is 33.2 Å². The summed E-state index contributed by atoms with van der Waals surface area (Å²) in [6.45, 7) is 10.5. The molecule has 2 fully saturated rings. The molecule has 1 spiro atoms. The Morgan fingerprint density at radius 2 is 2.00 bits per heavy atom. The fourth-order valence-corrected chi connectivity index (χ4v) is 4.56. The second-order valence-electron chi connectivity index (χ2n) is 9.00. The second-order valence-corrected chi connectivity index (χ2v) is 9.00. The number of carbonyl (C=O) groups is 1. The standard InChI is InChI=1S/C20H29N5O3/c1-12(2)6-17-21-22-19(27-17)16-8-20(9-24(16)5)10-25(11-20)18(26)7-15-13(3)23-28-14(15)4/h12,16H,6-11H2,1-5H3. The van der Waals surface area contributed by atoms with E-state index in [4.69, 9.17) is 8.94 Å². The van der Waals surface area contributed by atoms with Crippen molar-refractivity contribution in [1.29, 1.82) is 0 Å². The minimum atomic E-state index is 0.125. The number of rotatable bonds is 5. The molecule has 0 N–H and O–H groups in total. The molecule has 2 aliphatic heterocycles. The van der Waals surface area contributed by atoms with Gasteiger partial charge in [-0.25, -0.2) is 0 Å². The van der Waals surface area contributed by atoms with E-state index in [1.54, 1.807) is 0 Å². The van der Waals surface area contributed by atoms with Gasteiger partial charge in [0.2, 0.25) is 17.7 Å². The number of hydrogen-bond donors (Lipinski definition) is 0. The third-order valence-corrected chi connectivity index (χ3v) is 6.01. The van der Waals surface area contributed by atoms with Crippen LogP contribution in [0.5, 0.6) is 0 Å². The molecule has 8 heteroatoms.